The van der Waals surface area contributed by atoms with E-state index in [1.54, 1.807) is 0 Å². The van der Waals surface area contributed by atoms with Gasteiger partial charge >= 0.3 is 0 Å². The first-order chi connectivity index (χ1) is 16.6. The van der Waals surface area contributed by atoms with Crippen LogP contribution in [-0.2, 0) is 11.3 Å². The first-order valence-electron chi connectivity index (χ1n) is 12.4. The number of hydrogen-bond acceptors (Lipinski definition) is 2. The first kappa shape index (κ1) is 22.4. The van der Waals surface area contributed by atoms with E-state index in [1.807, 2.05) is 19.9 Å². The number of nitrogens with zero attached hydrogens (tertiary/aromatic N) is 2. The zero-order chi connectivity index (χ0) is 23.5. The van der Waals surface area contributed by atoms with Gasteiger partial charge in [-0.2, -0.15) is 0 Å². The van der Waals surface area contributed by atoms with Crippen LogP contribution in [0.15, 0.2) is 84.9 Å². The van der Waals surface area contributed by atoms with Crippen LogP contribution in [-0.4, -0.2) is 28.5 Å². The van der Waals surface area contributed by atoms with Crippen molar-refractivity contribution in [3.05, 3.63) is 96.2 Å². The molecule has 3 aromatic carbocycles. The summed E-state index contributed by atoms with van der Waals surface area (Å²) in [6.45, 7) is 6.94. The molecule has 1 saturated heterocycles. The molecule has 0 spiro atoms. The number of para-hydroxylation sites is 2. The number of amides is 1. The fourth-order valence-electron chi connectivity index (χ4n) is 5.02. The molecule has 0 unspecified atom stereocenters. The molecule has 0 saturated carbocycles. The highest BCUT2D eigenvalue weighted by Crippen LogP contribution is 2.31. The number of rotatable bonds is 6. The van der Waals surface area contributed by atoms with Gasteiger partial charge in [-0.1, -0.05) is 62.4 Å². The van der Waals surface area contributed by atoms with E-state index in [1.165, 1.54) is 27.8 Å². The smallest absolute Gasteiger partial charge is 0.226 e. The molecule has 0 bridgehead atoms. The average molecular weight is 452 g/mol. The fraction of sp³-hybridized carbons (Fsp3) is 0.300. The van der Waals surface area contributed by atoms with Crippen LogP contribution in [0.3, 0.4) is 0 Å². The predicted octanol–water partition coefficient (Wildman–Crippen LogP) is 6.60. The molecule has 1 aromatic heterocycles. The second-order valence-corrected chi connectivity index (χ2v) is 9.69. The van der Waals surface area contributed by atoms with E-state index in [4.69, 9.17) is 0 Å². The molecule has 1 amide bonds. The maximum Gasteiger partial charge on any atom is 0.226 e. The maximum atomic E-state index is 12.1. The van der Waals surface area contributed by atoms with Crippen molar-refractivity contribution in [1.82, 2.24) is 9.47 Å². The van der Waals surface area contributed by atoms with Gasteiger partial charge in [0.25, 0.3) is 0 Å². The number of hydrogen-bond donors (Lipinski definition) is 1. The minimum atomic E-state index is -0.0154. The van der Waals surface area contributed by atoms with Crippen molar-refractivity contribution in [2.75, 3.05) is 18.4 Å². The van der Waals surface area contributed by atoms with Crippen molar-refractivity contribution in [2.45, 2.75) is 39.2 Å². The lowest BCUT2D eigenvalue weighted by molar-refractivity contribution is -0.118. The Balaban J connectivity index is 1.29. The van der Waals surface area contributed by atoms with E-state index in [9.17, 15) is 4.79 Å². The second-order valence-electron chi connectivity index (χ2n) is 9.69. The van der Waals surface area contributed by atoms with E-state index < -0.39 is 0 Å². The molecule has 5 rings (SSSR count). The Morgan fingerprint density at radius 1 is 0.912 bits per heavy atom. The van der Waals surface area contributed by atoms with Gasteiger partial charge in [0.15, 0.2) is 0 Å². The molecule has 1 N–H and O–H groups in total. The van der Waals surface area contributed by atoms with Gasteiger partial charge in [0.05, 0.1) is 5.52 Å². The predicted molar refractivity (Wildman–Crippen MR) is 140 cm³/mol. The Bertz CT molecular complexity index is 1270. The lowest BCUT2D eigenvalue weighted by Crippen LogP contribution is -2.33. The van der Waals surface area contributed by atoms with Crippen LogP contribution in [0.2, 0.25) is 0 Å². The first-order valence-corrected chi connectivity index (χ1v) is 12.4. The number of aromatic nitrogens is 1. The van der Waals surface area contributed by atoms with Crippen molar-refractivity contribution in [3.63, 3.8) is 0 Å². The number of benzene rings is 3. The van der Waals surface area contributed by atoms with Crippen molar-refractivity contribution in [2.24, 2.45) is 5.92 Å². The third kappa shape index (κ3) is 4.78. The average Bonchev–Trinajstić information content (AvgIpc) is 3.23. The zero-order valence-electron chi connectivity index (χ0n) is 20.1. The molecule has 34 heavy (non-hydrogen) atoms. The van der Waals surface area contributed by atoms with Crippen LogP contribution in [0.25, 0.3) is 16.6 Å². The fourth-order valence-corrected chi connectivity index (χ4v) is 5.02. The lowest BCUT2D eigenvalue weighted by Gasteiger charge is -2.32. The summed E-state index contributed by atoms with van der Waals surface area (Å²) >= 11 is 0. The molecular weight excluding hydrogens is 418 g/mol. The summed E-state index contributed by atoms with van der Waals surface area (Å²) in [5.74, 6) is 0.589. The van der Waals surface area contributed by atoms with E-state index in [0.717, 1.165) is 38.2 Å². The summed E-state index contributed by atoms with van der Waals surface area (Å²) in [7, 11) is 0. The van der Waals surface area contributed by atoms with Gasteiger partial charge in [-0.3, -0.25) is 9.69 Å². The number of anilines is 1. The standard InChI is InChI=1S/C30H33N3O/c1-22(2)30(34)31-26-11-8-10-24(19-26)23-15-17-32(18-16-23)21-28-20-25-9-6-7-14-29(25)33(28)27-12-4-3-5-13-27/h3-14,19-20,22-23H,15-18,21H2,1-2H3,(H,31,34). The van der Waals surface area contributed by atoms with Crippen LogP contribution in [0.1, 0.15) is 43.9 Å². The molecule has 1 aliphatic rings. The van der Waals surface area contributed by atoms with Crippen molar-refractivity contribution < 1.29 is 4.79 Å². The molecule has 0 atom stereocenters. The summed E-state index contributed by atoms with van der Waals surface area (Å²) in [4.78, 5) is 14.7. The summed E-state index contributed by atoms with van der Waals surface area (Å²) in [6.07, 6.45) is 2.26. The van der Waals surface area contributed by atoms with Crippen molar-refractivity contribution >= 4 is 22.5 Å². The van der Waals surface area contributed by atoms with Gasteiger partial charge in [0.1, 0.15) is 0 Å². The van der Waals surface area contributed by atoms with Gasteiger partial charge in [-0.05, 0) is 73.8 Å². The molecule has 4 heteroatoms. The van der Waals surface area contributed by atoms with Gasteiger partial charge < -0.3 is 9.88 Å². The van der Waals surface area contributed by atoms with E-state index in [2.05, 4.69) is 93.6 Å². The summed E-state index contributed by atoms with van der Waals surface area (Å²) in [6, 6.07) is 30.1. The maximum absolute atomic E-state index is 12.1. The number of likely N-dealkylation sites (tertiary alicyclic amines) is 1. The monoisotopic (exact) mass is 451 g/mol. The molecule has 0 radical (unpaired) electrons. The number of piperidine rings is 1. The minimum Gasteiger partial charge on any atom is -0.326 e. The lowest BCUT2D eigenvalue weighted by atomic mass is 9.89. The number of nitrogens with one attached hydrogen (secondary N) is 1. The van der Waals surface area contributed by atoms with Gasteiger partial charge in [-0.25, -0.2) is 0 Å². The van der Waals surface area contributed by atoms with Gasteiger partial charge in [-0.15, -0.1) is 0 Å². The number of carbonyl (C=O) groups excluding carboxylic acids is 1. The Kier molecular flexibility index (Phi) is 6.50. The molecule has 1 fully saturated rings. The Morgan fingerprint density at radius 2 is 1.65 bits per heavy atom. The van der Waals surface area contributed by atoms with Crippen LogP contribution in [0.5, 0.6) is 0 Å². The highest BCUT2D eigenvalue weighted by molar-refractivity contribution is 5.92. The quantitative estimate of drug-likeness (QED) is 0.358. The van der Waals surface area contributed by atoms with Crippen LogP contribution in [0, 0.1) is 5.92 Å². The van der Waals surface area contributed by atoms with Crippen LogP contribution < -0.4 is 5.32 Å². The van der Waals surface area contributed by atoms with Crippen LogP contribution in [0.4, 0.5) is 5.69 Å². The van der Waals surface area contributed by atoms with Crippen LogP contribution >= 0.6 is 0 Å². The third-order valence-electron chi connectivity index (χ3n) is 6.92. The Hall–Kier alpha value is -3.37. The summed E-state index contributed by atoms with van der Waals surface area (Å²) in [5.41, 5.74) is 6.06. The minimum absolute atomic E-state index is 0.0154. The number of fused-ring (bicyclic) bond motifs is 1. The summed E-state index contributed by atoms with van der Waals surface area (Å²) in [5, 5.41) is 4.33. The highest BCUT2D eigenvalue weighted by Gasteiger charge is 2.22. The molecule has 2 heterocycles. The highest BCUT2D eigenvalue weighted by atomic mass is 16.1. The molecule has 0 aliphatic carbocycles. The Labute approximate surface area is 202 Å². The summed E-state index contributed by atoms with van der Waals surface area (Å²) < 4.78 is 2.41. The third-order valence-corrected chi connectivity index (χ3v) is 6.92. The molecular formula is C30H33N3O. The molecule has 174 valence electrons. The zero-order valence-corrected chi connectivity index (χ0v) is 20.1. The second kappa shape index (κ2) is 9.86. The topological polar surface area (TPSA) is 37.3 Å². The van der Waals surface area contributed by atoms with E-state index in [0.29, 0.717) is 5.92 Å². The normalized spacial score (nSPS) is 15.1. The molecule has 4 aromatic rings. The van der Waals surface area contributed by atoms with E-state index in [-0.39, 0.29) is 11.8 Å². The van der Waals surface area contributed by atoms with Gasteiger partial charge in [0.2, 0.25) is 5.91 Å². The molecule has 4 nitrogen and oxygen atoms in total. The largest absolute Gasteiger partial charge is 0.326 e. The SMILES string of the molecule is CC(C)C(=O)Nc1cccc(C2CCN(Cc3cc4ccccc4n3-c3ccccc3)CC2)c1. The van der Waals surface area contributed by atoms with E-state index >= 15 is 0 Å². The van der Waals surface area contributed by atoms with Gasteiger partial charge in [0, 0.05) is 34.9 Å². The van der Waals surface area contributed by atoms with Crippen molar-refractivity contribution in [1.29, 1.82) is 0 Å². The molecule has 1 aliphatic heterocycles. The van der Waals surface area contributed by atoms with Crippen molar-refractivity contribution in [3.8, 4) is 5.69 Å². The Morgan fingerprint density at radius 3 is 2.41 bits per heavy atom. The number of carbonyl (C=O) groups is 1.